The van der Waals surface area contributed by atoms with Crippen molar-refractivity contribution in [2.24, 2.45) is 0 Å². The summed E-state index contributed by atoms with van der Waals surface area (Å²) in [6.45, 7) is 13.9. The summed E-state index contributed by atoms with van der Waals surface area (Å²) in [5, 5.41) is 4.54. The number of methoxy groups -OCH3 is 2. The first-order chi connectivity index (χ1) is 19.9. The van der Waals surface area contributed by atoms with Crippen LogP contribution in [-0.4, -0.2) is 62.5 Å². The predicted molar refractivity (Wildman–Crippen MR) is 164 cm³/mol. The molecule has 3 aliphatic rings. The maximum Gasteiger partial charge on any atom is 0.324 e. The molecule has 1 N–H and O–H groups in total. The van der Waals surface area contributed by atoms with Gasteiger partial charge in [0.15, 0.2) is 12.0 Å². The number of hydrogen-bond donors (Lipinski definition) is 1. The Labute approximate surface area is 244 Å². The van der Waals surface area contributed by atoms with Gasteiger partial charge in [-0.15, -0.1) is 0 Å². The summed E-state index contributed by atoms with van der Waals surface area (Å²) < 4.78 is 16.5. The normalized spacial score (nSPS) is 18.2. The summed E-state index contributed by atoms with van der Waals surface area (Å²) in [5.74, 6) is 2.21. The number of nitrogens with one attached hydrogen (secondary N) is 1. The standard InChI is InChI=1S/C21H31N3O3.C10H10O2.C2H6/c1-5-23-10-9-22-8-6-7-17-11-15(2)20-16(14-24(17)21(23)25)12-18(26-3)13-19(20)27-4;1-7-8-4-2-3-5-9(8)12-10(7)6-11;1-2/h11-13,15,22H,5-10,14H2,1-4H3;4-6H,2-3H2,1H3;1-2H3/t15-;;/m0../s1. The number of likely N-dealkylation sites (N-methyl/N-ethyl adjacent to an activating group) is 1. The molecule has 0 saturated carbocycles. The fourth-order valence-corrected chi connectivity index (χ4v) is 5.55. The van der Waals surface area contributed by atoms with Gasteiger partial charge >= 0.3 is 6.03 Å². The quantitative estimate of drug-likeness (QED) is 0.519. The number of allylic oxidation sites excluding steroid dienone is 2. The summed E-state index contributed by atoms with van der Waals surface area (Å²) in [6.07, 6.45) is 11.1. The first-order valence-corrected chi connectivity index (χ1v) is 14.9. The van der Waals surface area contributed by atoms with E-state index in [1.165, 1.54) is 0 Å². The Balaban J connectivity index is 0.000000274. The van der Waals surface area contributed by atoms with Gasteiger partial charge in [0, 0.05) is 53.7 Å². The van der Waals surface area contributed by atoms with Crippen LogP contribution in [0.1, 0.15) is 86.5 Å². The molecule has 8 heteroatoms. The molecule has 1 aromatic carbocycles. The molecule has 1 atom stereocenters. The second-order valence-electron chi connectivity index (χ2n) is 10.1. The molecule has 2 aromatic rings. The third-order valence-electron chi connectivity index (χ3n) is 7.67. The fourth-order valence-electron chi connectivity index (χ4n) is 5.55. The maximum atomic E-state index is 13.3. The number of benzene rings is 1. The lowest BCUT2D eigenvalue weighted by Gasteiger charge is -2.32. The largest absolute Gasteiger partial charge is 0.497 e. The van der Waals surface area contributed by atoms with Crippen LogP contribution < -0.4 is 25.4 Å². The van der Waals surface area contributed by atoms with Gasteiger partial charge in [-0.1, -0.05) is 32.9 Å². The van der Waals surface area contributed by atoms with Gasteiger partial charge in [0.05, 0.1) is 20.8 Å². The highest BCUT2D eigenvalue weighted by Crippen LogP contribution is 2.39. The summed E-state index contributed by atoms with van der Waals surface area (Å²) in [7, 11) is 3.35. The number of hydrogen-bond acceptors (Lipinski definition) is 6. The van der Waals surface area contributed by atoms with E-state index in [2.05, 4.69) is 24.4 Å². The van der Waals surface area contributed by atoms with Crippen molar-refractivity contribution in [2.75, 3.05) is 40.4 Å². The molecule has 5 rings (SSSR count). The number of aldehydes is 1. The van der Waals surface area contributed by atoms with Crippen LogP contribution in [0, 0.1) is 6.92 Å². The summed E-state index contributed by atoms with van der Waals surface area (Å²) in [5.41, 5.74) is 5.16. The highest BCUT2D eigenvalue weighted by atomic mass is 16.5. The number of amides is 2. The van der Waals surface area contributed by atoms with Crippen LogP contribution in [0.2, 0.25) is 0 Å². The summed E-state index contributed by atoms with van der Waals surface area (Å²) in [4.78, 5) is 27.7. The van der Waals surface area contributed by atoms with Crippen molar-refractivity contribution < 1.29 is 23.5 Å². The van der Waals surface area contributed by atoms with Crippen LogP contribution in [0.25, 0.3) is 12.2 Å². The number of fused-ring (bicyclic) bond motifs is 3. The van der Waals surface area contributed by atoms with Crippen LogP contribution >= 0.6 is 0 Å². The number of furan rings is 1. The van der Waals surface area contributed by atoms with Gasteiger partial charge in [0.25, 0.3) is 0 Å². The molecule has 0 bridgehead atoms. The van der Waals surface area contributed by atoms with E-state index in [1.807, 2.05) is 55.7 Å². The minimum atomic E-state index is 0.0780. The van der Waals surface area contributed by atoms with E-state index < -0.39 is 0 Å². The van der Waals surface area contributed by atoms with Crippen molar-refractivity contribution in [3.63, 3.8) is 0 Å². The third-order valence-corrected chi connectivity index (χ3v) is 7.67. The number of ether oxygens (including phenoxy) is 2. The van der Waals surface area contributed by atoms with Gasteiger partial charge in [0.2, 0.25) is 0 Å². The molecule has 8 nitrogen and oxygen atoms in total. The number of carbonyl (C=O) groups is 2. The minimum absolute atomic E-state index is 0.0780. The Morgan fingerprint density at radius 2 is 1.88 bits per heavy atom. The van der Waals surface area contributed by atoms with Crippen LogP contribution in [0.3, 0.4) is 0 Å². The van der Waals surface area contributed by atoms with E-state index in [0.717, 1.165) is 96.1 Å². The zero-order valence-corrected chi connectivity index (χ0v) is 25.8. The lowest BCUT2D eigenvalue weighted by molar-refractivity contribution is 0.109. The van der Waals surface area contributed by atoms with E-state index in [0.29, 0.717) is 18.8 Å². The Kier molecular flexibility index (Phi) is 12.1. The topological polar surface area (TPSA) is 84.3 Å². The van der Waals surface area contributed by atoms with Crippen LogP contribution in [-0.2, 0) is 6.54 Å². The molecule has 0 spiro atoms. The van der Waals surface area contributed by atoms with Crippen LogP contribution in [0.4, 0.5) is 4.79 Å². The Bertz CT molecular complexity index is 1340. The maximum absolute atomic E-state index is 13.3. The Morgan fingerprint density at radius 1 is 1.12 bits per heavy atom. The first kappa shape index (κ1) is 32.0. The third kappa shape index (κ3) is 7.41. The zero-order valence-electron chi connectivity index (χ0n) is 25.8. The van der Waals surface area contributed by atoms with Gasteiger partial charge in [-0.3, -0.25) is 9.69 Å². The number of urea groups is 1. The first-order valence-electron chi connectivity index (χ1n) is 14.9. The molecule has 1 saturated heterocycles. The van der Waals surface area contributed by atoms with E-state index >= 15 is 0 Å². The molecule has 3 heterocycles. The molecule has 41 heavy (non-hydrogen) atoms. The average molecular weight is 566 g/mol. The lowest BCUT2D eigenvalue weighted by Crippen LogP contribution is -2.45. The molecule has 1 fully saturated rings. The molecular weight excluding hydrogens is 518 g/mol. The van der Waals surface area contributed by atoms with Gasteiger partial charge < -0.3 is 24.1 Å². The number of carbonyl (C=O) groups excluding carboxylic acids is 2. The Morgan fingerprint density at radius 3 is 2.54 bits per heavy atom. The van der Waals surface area contributed by atoms with Crippen LogP contribution in [0.15, 0.2) is 28.3 Å². The molecule has 1 aliphatic carbocycles. The van der Waals surface area contributed by atoms with Crippen molar-refractivity contribution in [2.45, 2.75) is 72.8 Å². The highest BCUT2D eigenvalue weighted by Gasteiger charge is 2.30. The highest BCUT2D eigenvalue weighted by molar-refractivity contribution is 5.77. The monoisotopic (exact) mass is 565 g/mol. The van der Waals surface area contributed by atoms with E-state index in [1.54, 1.807) is 14.2 Å². The number of rotatable bonds is 4. The summed E-state index contributed by atoms with van der Waals surface area (Å²) >= 11 is 0. The van der Waals surface area contributed by atoms with E-state index in [-0.39, 0.29) is 11.9 Å². The predicted octanol–water partition coefficient (Wildman–Crippen LogP) is 5.11. The summed E-state index contributed by atoms with van der Waals surface area (Å²) in [6, 6.07) is 4.04. The minimum Gasteiger partial charge on any atom is -0.497 e. The average Bonchev–Trinajstić information content (AvgIpc) is 3.26. The van der Waals surface area contributed by atoms with Gasteiger partial charge in [-0.25, -0.2) is 4.79 Å². The molecule has 0 radical (unpaired) electrons. The molecular formula is C33H47N3O5. The van der Waals surface area contributed by atoms with Gasteiger partial charge in [0.1, 0.15) is 16.9 Å². The smallest absolute Gasteiger partial charge is 0.324 e. The second-order valence-corrected chi connectivity index (χ2v) is 10.1. The second kappa shape index (κ2) is 15.5. The molecule has 2 amide bonds. The zero-order chi connectivity index (χ0) is 29.9. The molecule has 2 aliphatic heterocycles. The Hall–Kier alpha value is -3.52. The van der Waals surface area contributed by atoms with Gasteiger partial charge in [-0.05, 0) is 63.8 Å². The SMILES string of the molecule is CC.CCN1CCNCCCC2=C[C@H](C)c3c(cc(OC)cc3OC)CN2C1=O.Cc1c(C=O)oc2c1=CCCC=2. The van der Waals surface area contributed by atoms with Crippen molar-refractivity contribution in [1.29, 1.82) is 0 Å². The number of nitrogens with zero attached hydrogens (tertiary/aromatic N) is 2. The van der Waals surface area contributed by atoms with E-state index in [9.17, 15) is 9.59 Å². The van der Waals surface area contributed by atoms with Gasteiger partial charge in [-0.2, -0.15) is 0 Å². The van der Waals surface area contributed by atoms with Crippen molar-refractivity contribution in [3.8, 4) is 11.5 Å². The van der Waals surface area contributed by atoms with Crippen molar-refractivity contribution in [1.82, 2.24) is 15.1 Å². The molecule has 1 aromatic heterocycles. The lowest BCUT2D eigenvalue weighted by atomic mass is 9.94. The molecule has 224 valence electrons. The molecule has 0 unspecified atom stereocenters. The fraction of sp³-hybridized carbons (Fsp3) is 0.515. The van der Waals surface area contributed by atoms with Crippen LogP contribution in [0.5, 0.6) is 11.5 Å². The van der Waals surface area contributed by atoms with Crippen molar-refractivity contribution in [3.05, 3.63) is 57.0 Å². The van der Waals surface area contributed by atoms with Crippen molar-refractivity contribution >= 4 is 24.5 Å². The van der Waals surface area contributed by atoms with E-state index in [4.69, 9.17) is 13.9 Å².